The lowest BCUT2D eigenvalue weighted by atomic mass is 9.89. The molecule has 0 aliphatic heterocycles. The predicted molar refractivity (Wildman–Crippen MR) is 73.2 cm³/mol. The van der Waals surface area contributed by atoms with E-state index in [2.05, 4.69) is 5.32 Å². The molecule has 0 aliphatic rings. The van der Waals surface area contributed by atoms with Crippen LogP contribution in [0.4, 0.5) is 4.39 Å². The summed E-state index contributed by atoms with van der Waals surface area (Å²) in [6.45, 7) is 5.86. The third-order valence-electron chi connectivity index (χ3n) is 2.95. The van der Waals surface area contributed by atoms with E-state index in [4.69, 9.17) is 16.7 Å². The van der Waals surface area contributed by atoms with Gasteiger partial charge in [-0.1, -0.05) is 31.5 Å². The zero-order valence-corrected chi connectivity index (χ0v) is 11.7. The molecule has 1 aromatic carbocycles. The molecule has 2 nitrogen and oxygen atoms in total. The first-order valence-corrected chi connectivity index (χ1v) is 6.58. The Hall–Kier alpha value is -0.640. The normalized spacial score (nSPS) is 11.8. The second-order valence-electron chi connectivity index (χ2n) is 5.35. The average molecular weight is 274 g/mol. The van der Waals surface area contributed by atoms with Crippen molar-refractivity contribution in [1.82, 2.24) is 5.32 Å². The fourth-order valence-electron chi connectivity index (χ4n) is 1.65. The molecule has 4 heteroatoms. The van der Waals surface area contributed by atoms with Gasteiger partial charge in [-0.3, -0.25) is 0 Å². The summed E-state index contributed by atoms with van der Waals surface area (Å²) in [5.41, 5.74) is 0.962. The van der Waals surface area contributed by atoms with Gasteiger partial charge < -0.3 is 10.4 Å². The van der Waals surface area contributed by atoms with Gasteiger partial charge >= 0.3 is 0 Å². The Balaban J connectivity index is 2.24. The maximum atomic E-state index is 12.9. The summed E-state index contributed by atoms with van der Waals surface area (Å²) in [4.78, 5) is 0. The number of hydrogen-bond donors (Lipinski definition) is 2. The Morgan fingerprint density at radius 1 is 1.39 bits per heavy atom. The van der Waals surface area contributed by atoms with Crippen molar-refractivity contribution in [2.24, 2.45) is 5.41 Å². The van der Waals surface area contributed by atoms with Crippen LogP contribution in [0.2, 0.25) is 5.02 Å². The largest absolute Gasteiger partial charge is 0.396 e. The van der Waals surface area contributed by atoms with Crippen LogP contribution in [0.15, 0.2) is 18.2 Å². The lowest BCUT2D eigenvalue weighted by Gasteiger charge is -2.21. The Bertz CT molecular complexity index is 382. The topological polar surface area (TPSA) is 32.3 Å². The van der Waals surface area contributed by atoms with Gasteiger partial charge in [-0.15, -0.1) is 0 Å². The van der Waals surface area contributed by atoms with E-state index in [1.165, 1.54) is 6.07 Å². The first-order chi connectivity index (χ1) is 8.44. The van der Waals surface area contributed by atoms with Crippen LogP contribution in [0.3, 0.4) is 0 Å². The summed E-state index contributed by atoms with van der Waals surface area (Å²) < 4.78 is 12.9. The van der Waals surface area contributed by atoms with Gasteiger partial charge in [0.15, 0.2) is 0 Å². The molecule has 0 spiro atoms. The van der Waals surface area contributed by atoms with Gasteiger partial charge in [-0.25, -0.2) is 4.39 Å². The number of nitrogens with one attached hydrogen (secondary N) is 1. The molecule has 0 bridgehead atoms. The SMILES string of the molecule is CC(C)(CO)CCCNCc1ccc(F)c(Cl)c1. The highest BCUT2D eigenvalue weighted by molar-refractivity contribution is 6.30. The summed E-state index contributed by atoms with van der Waals surface area (Å²) >= 11 is 5.70. The van der Waals surface area contributed by atoms with Gasteiger partial charge in [0.05, 0.1) is 5.02 Å². The van der Waals surface area contributed by atoms with Crippen molar-refractivity contribution in [2.45, 2.75) is 33.2 Å². The molecule has 0 fully saturated rings. The van der Waals surface area contributed by atoms with E-state index < -0.39 is 0 Å². The highest BCUT2D eigenvalue weighted by Gasteiger charge is 2.15. The number of halogens is 2. The molecule has 1 aromatic rings. The van der Waals surface area contributed by atoms with Crippen molar-refractivity contribution >= 4 is 11.6 Å². The number of hydrogen-bond acceptors (Lipinski definition) is 2. The molecule has 18 heavy (non-hydrogen) atoms. The summed E-state index contributed by atoms with van der Waals surface area (Å²) in [5, 5.41) is 12.6. The molecule has 0 unspecified atom stereocenters. The van der Waals surface area contributed by atoms with Crippen molar-refractivity contribution in [3.63, 3.8) is 0 Å². The molecule has 0 aromatic heterocycles. The lowest BCUT2D eigenvalue weighted by Crippen LogP contribution is -2.20. The fourth-order valence-corrected chi connectivity index (χ4v) is 1.86. The van der Waals surface area contributed by atoms with Crippen molar-refractivity contribution < 1.29 is 9.50 Å². The van der Waals surface area contributed by atoms with Crippen LogP contribution < -0.4 is 5.32 Å². The molecule has 2 N–H and O–H groups in total. The predicted octanol–water partition coefficient (Wildman–Crippen LogP) is 3.37. The second-order valence-corrected chi connectivity index (χ2v) is 5.76. The van der Waals surface area contributed by atoms with E-state index in [0.717, 1.165) is 24.9 Å². The van der Waals surface area contributed by atoms with Crippen molar-refractivity contribution in [3.05, 3.63) is 34.6 Å². The molecule has 0 heterocycles. The van der Waals surface area contributed by atoms with Crippen LogP contribution in [0.5, 0.6) is 0 Å². The number of benzene rings is 1. The van der Waals surface area contributed by atoms with E-state index in [0.29, 0.717) is 6.54 Å². The molecule has 0 amide bonds. The third kappa shape index (κ3) is 5.34. The van der Waals surface area contributed by atoms with Crippen LogP contribution in [-0.2, 0) is 6.54 Å². The summed E-state index contributed by atoms with van der Waals surface area (Å²) in [6, 6.07) is 4.75. The number of aliphatic hydroxyl groups excluding tert-OH is 1. The summed E-state index contributed by atoms with van der Waals surface area (Å²) in [6.07, 6.45) is 1.98. The Kier molecular flexibility index (Phi) is 6.06. The first-order valence-electron chi connectivity index (χ1n) is 6.20. The molecule has 0 aliphatic carbocycles. The second kappa shape index (κ2) is 7.07. The van der Waals surface area contributed by atoms with Crippen LogP contribution >= 0.6 is 11.6 Å². The maximum absolute atomic E-state index is 12.9. The minimum absolute atomic E-state index is 0.0130. The monoisotopic (exact) mass is 273 g/mol. The van der Waals surface area contributed by atoms with Crippen LogP contribution in [0.25, 0.3) is 0 Å². The molecule has 0 saturated heterocycles. The molecule has 0 radical (unpaired) electrons. The van der Waals surface area contributed by atoms with E-state index in [1.807, 2.05) is 13.8 Å². The Morgan fingerprint density at radius 2 is 2.11 bits per heavy atom. The van der Waals surface area contributed by atoms with Crippen LogP contribution in [0, 0.1) is 11.2 Å². The molecule has 0 saturated carbocycles. The van der Waals surface area contributed by atoms with E-state index in [9.17, 15) is 4.39 Å². The Morgan fingerprint density at radius 3 is 2.72 bits per heavy atom. The average Bonchev–Trinajstić information content (AvgIpc) is 2.33. The van der Waals surface area contributed by atoms with Crippen molar-refractivity contribution in [1.29, 1.82) is 0 Å². The van der Waals surface area contributed by atoms with Crippen molar-refractivity contribution in [3.8, 4) is 0 Å². The summed E-state index contributed by atoms with van der Waals surface area (Å²) in [7, 11) is 0. The van der Waals surface area contributed by atoms with Crippen molar-refractivity contribution in [2.75, 3.05) is 13.2 Å². The van der Waals surface area contributed by atoms with Crippen LogP contribution in [-0.4, -0.2) is 18.3 Å². The van der Waals surface area contributed by atoms with Gasteiger partial charge in [0.1, 0.15) is 5.82 Å². The minimum Gasteiger partial charge on any atom is -0.396 e. The lowest BCUT2D eigenvalue weighted by molar-refractivity contribution is 0.148. The minimum atomic E-state index is -0.384. The standard InChI is InChI=1S/C14H21ClFNO/c1-14(2,10-18)6-3-7-17-9-11-4-5-13(16)12(15)8-11/h4-5,8,17-18H,3,6-7,9-10H2,1-2H3. The van der Waals surface area contributed by atoms with E-state index >= 15 is 0 Å². The van der Waals surface area contributed by atoms with Crippen LogP contribution in [0.1, 0.15) is 32.3 Å². The highest BCUT2D eigenvalue weighted by Crippen LogP contribution is 2.20. The maximum Gasteiger partial charge on any atom is 0.141 e. The Labute approximate surface area is 113 Å². The number of rotatable bonds is 7. The first kappa shape index (κ1) is 15.4. The zero-order valence-electron chi connectivity index (χ0n) is 11.0. The molecule has 102 valence electrons. The number of aliphatic hydroxyl groups is 1. The van der Waals surface area contributed by atoms with Gasteiger partial charge in [-0.05, 0) is 42.5 Å². The molecular formula is C14H21ClFNO. The smallest absolute Gasteiger partial charge is 0.141 e. The van der Waals surface area contributed by atoms with Gasteiger partial charge in [0.25, 0.3) is 0 Å². The van der Waals surface area contributed by atoms with E-state index in [-0.39, 0.29) is 22.9 Å². The van der Waals surface area contributed by atoms with E-state index in [1.54, 1.807) is 12.1 Å². The van der Waals surface area contributed by atoms with Gasteiger partial charge in [-0.2, -0.15) is 0 Å². The molecule has 1 rings (SSSR count). The molecule has 0 atom stereocenters. The quantitative estimate of drug-likeness (QED) is 0.747. The molecular weight excluding hydrogens is 253 g/mol. The van der Waals surface area contributed by atoms with Gasteiger partial charge in [0, 0.05) is 13.2 Å². The highest BCUT2D eigenvalue weighted by atomic mass is 35.5. The zero-order chi connectivity index (χ0) is 13.6. The third-order valence-corrected chi connectivity index (χ3v) is 3.24. The summed E-state index contributed by atoms with van der Waals surface area (Å²) in [5.74, 6) is -0.384. The fraction of sp³-hybridized carbons (Fsp3) is 0.571. The van der Waals surface area contributed by atoms with Gasteiger partial charge in [0.2, 0.25) is 0 Å².